The minimum atomic E-state index is -0.509. The molecule has 1 aliphatic heterocycles. The third-order valence-corrected chi connectivity index (χ3v) is 4.89. The fourth-order valence-corrected chi connectivity index (χ4v) is 3.72. The van der Waals surface area contributed by atoms with Crippen LogP contribution in [0.5, 0.6) is 5.75 Å². The summed E-state index contributed by atoms with van der Waals surface area (Å²) in [5.74, 6) is 0.555. The highest BCUT2D eigenvalue weighted by Crippen LogP contribution is 2.54. The summed E-state index contributed by atoms with van der Waals surface area (Å²) in [6, 6.07) is 4.66. The number of nitrogens with zero attached hydrogens (tertiary/aromatic N) is 3. The third kappa shape index (κ3) is 2.73. The lowest BCUT2D eigenvalue weighted by Crippen LogP contribution is -2.37. The molecule has 1 unspecified atom stereocenters. The summed E-state index contributed by atoms with van der Waals surface area (Å²) in [5.41, 5.74) is -0.0888. The minimum Gasteiger partial charge on any atom is -0.508 e. The Morgan fingerprint density at radius 2 is 1.96 bits per heavy atom. The molecule has 1 saturated carbocycles. The number of piperidine rings is 1. The van der Waals surface area contributed by atoms with Gasteiger partial charge in [0.2, 0.25) is 0 Å². The van der Waals surface area contributed by atoms with Gasteiger partial charge in [-0.15, -0.1) is 0 Å². The average Bonchev–Trinajstić information content (AvgIpc) is 2.99. The van der Waals surface area contributed by atoms with Gasteiger partial charge in [0, 0.05) is 31.0 Å². The van der Waals surface area contributed by atoms with Gasteiger partial charge >= 0.3 is 6.09 Å². The van der Waals surface area contributed by atoms with E-state index in [0.717, 1.165) is 0 Å². The molecular weight excluding hydrogens is 322 g/mol. The summed E-state index contributed by atoms with van der Waals surface area (Å²) in [6.45, 7) is 6.73. The molecule has 2 heterocycles. The zero-order valence-corrected chi connectivity index (χ0v) is 14.5. The second-order valence-electron chi connectivity index (χ2n) is 7.86. The second-order valence-corrected chi connectivity index (χ2v) is 7.86. The van der Waals surface area contributed by atoms with Gasteiger partial charge in [-0.25, -0.2) is 9.78 Å². The van der Waals surface area contributed by atoms with E-state index in [1.54, 1.807) is 21.9 Å². The van der Waals surface area contributed by atoms with Crippen LogP contribution in [-0.4, -0.2) is 44.3 Å². The summed E-state index contributed by atoms with van der Waals surface area (Å²) in [7, 11) is 0. The monoisotopic (exact) mass is 343 g/mol. The summed E-state index contributed by atoms with van der Waals surface area (Å²) in [4.78, 5) is 30.9. The van der Waals surface area contributed by atoms with E-state index in [1.807, 2.05) is 20.8 Å². The van der Waals surface area contributed by atoms with Crippen molar-refractivity contribution in [2.75, 3.05) is 13.1 Å². The van der Waals surface area contributed by atoms with E-state index < -0.39 is 5.60 Å². The number of hydrogen-bond acceptors (Lipinski definition) is 5. The second kappa shape index (κ2) is 5.21. The van der Waals surface area contributed by atoms with Crippen LogP contribution in [0.15, 0.2) is 29.3 Å². The van der Waals surface area contributed by atoms with Crippen LogP contribution < -0.4 is 5.56 Å². The van der Waals surface area contributed by atoms with Crippen molar-refractivity contribution in [3.8, 4) is 5.75 Å². The van der Waals surface area contributed by atoms with E-state index in [9.17, 15) is 14.7 Å². The first-order chi connectivity index (χ1) is 11.7. The van der Waals surface area contributed by atoms with Crippen molar-refractivity contribution >= 4 is 17.0 Å². The van der Waals surface area contributed by atoms with E-state index in [2.05, 4.69) is 4.98 Å². The van der Waals surface area contributed by atoms with Crippen LogP contribution in [0, 0.1) is 11.8 Å². The van der Waals surface area contributed by atoms with Gasteiger partial charge in [-0.3, -0.25) is 9.36 Å². The van der Waals surface area contributed by atoms with E-state index in [-0.39, 0.29) is 35.3 Å². The smallest absolute Gasteiger partial charge is 0.410 e. The molecule has 1 aliphatic carbocycles. The van der Waals surface area contributed by atoms with Crippen LogP contribution in [0.3, 0.4) is 0 Å². The molecule has 25 heavy (non-hydrogen) atoms. The SMILES string of the molecule is CC(C)(C)OC(=O)N1C[C@@H]2C(n3cnc4ccc(O)cc4c3=O)[C@@H]2C1. The summed E-state index contributed by atoms with van der Waals surface area (Å²) in [6.07, 6.45) is 1.27. The molecule has 2 aromatic rings. The highest BCUT2D eigenvalue weighted by atomic mass is 16.6. The fourth-order valence-electron chi connectivity index (χ4n) is 3.72. The average molecular weight is 343 g/mol. The molecule has 2 fully saturated rings. The zero-order chi connectivity index (χ0) is 17.9. The number of phenols is 1. The zero-order valence-electron chi connectivity index (χ0n) is 14.5. The maximum Gasteiger partial charge on any atom is 0.410 e. The minimum absolute atomic E-state index is 0.0521. The highest BCUT2D eigenvalue weighted by molar-refractivity contribution is 5.78. The van der Waals surface area contributed by atoms with Crippen molar-refractivity contribution in [3.63, 3.8) is 0 Å². The van der Waals surface area contributed by atoms with Crippen LogP contribution in [-0.2, 0) is 4.74 Å². The van der Waals surface area contributed by atoms with Gasteiger partial charge in [0.1, 0.15) is 11.4 Å². The molecule has 0 spiro atoms. The number of likely N-dealkylation sites (tertiary alicyclic amines) is 1. The van der Waals surface area contributed by atoms with Gasteiger partial charge in [0.25, 0.3) is 5.56 Å². The lowest BCUT2D eigenvalue weighted by molar-refractivity contribution is 0.0266. The molecule has 7 nitrogen and oxygen atoms in total. The largest absolute Gasteiger partial charge is 0.508 e. The number of phenolic OH excluding ortho intramolecular Hbond substituents is 1. The molecule has 0 bridgehead atoms. The number of carbonyl (C=O) groups excluding carboxylic acids is 1. The molecule has 1 amide bonds. The first kappa shape index (κ1) is 15.9. The number of benzene rings is 1. The van der Waals surface area contributed by atoms with Gasteiger partial charge in [-0.1, -0.05) is 0 Å². The molecule has 1 aromatic carbocycles. The van der Waals surface area contributed by atoms with Crippen LogP contribution in [0.1, 0.15) is 26.8 Å². The number of fused-ring (bicyclic) bond motifs is 2. The Labute approximate surface area is 144 Å². The lowest BCUT2D eigenvalue weighted by atomic mass is 10.2. The van der Waals surface area contributed by atoms with Crippen LogP contribution in [0.2, 0.25) is 0 Å². The topological polar surface area (TPSA) is 84.7 Å². The number of amides is 1. The number of rotatable bonds is 1. The van der Waals surface area contributed by atoms with Crippen molar-refractivity contribution in [1.82, 2.24) is 14.5 Å². The molecule has 1 N–H and O–H groups in total. The van der Waals surface area contributed by atoms with E-state index in [1.165, 1.54) is 12.1 Å². The molecule has 1 saturated heterocycles. The van der Waals surface area contributed by atoms with Gasteiger partial charge in [0.15, 0.2) is 0 Å². The van der Waals surface area contributed by atoms with E-state index >= 15 is 0 Å². The summed E-state index contributed by atoms with van der Waals surface area (Å²) in [5, 5.41) is 10.0. The lowest BCUT2D eigenvalue weighted by Gasteiger charge is -2.26. The van der Waals surface area contributed by atoms with Crippen molar-refractivity contribution in [3.05, 3.63) is 34.9 Å². The van der Waals surface area contributed by atoms with Crippen LogP contribution >= 0.6 is 0 Å². The van der Waals surface area contributed by atoms with E-state index in [4.69, 9.17) is 4.74 Å². The Morgan fingerprint density at radius 1 is 1.28 bits per heavy atom. The van der Waals surface area contributed by atoms with Crippen LogP contribution in [0.25, 0.3) is 10.9 Å². The number of carbonyl (C=O) groups is 1. The Morgan fingerprint density at radius 3 is 2.60 bits per heavy atom. The van der Waals surface area contributed by atoms with Crippen molar-refractivity contribution in [2.24, 2.45) is 11.8 Å². The summed E-state index contributed by atoms with van der Waals surface area (Å²) >= 11 is 0. The number of aromatic nitrogens is 2. The first-order valence-corrected chi connectivity index (χ1v) is 8.42. The van der Waals surface area contributed by atoms with Gasteiger partial charge in [-0.05, 0) is 39.0 Å². The standard InChI is InChI=1S/C18H21N3O4/c1-18(2,3)25-17(24)20-7-12-13(8-20)15(12)21-9-19-14-5-4-10(22)6-11(14)16(21)23/h4-6,9,12-13,15,22H,7-8H2,1-3H3/t12-,13+,15?. The predicted octanol–water partition coefficient (Wildman–Crippen LogP) is 2.14. The molecular formula is C18H21N3O4. The maximum absolute atomic E-state index is 12.7. The fraction of sp³-hybridized carbons (Fsp3) is 0.500. The van der Waals surface area contributed by atoms with E-state index in [0.29, 0.717) is 24.0 Å². The Hall–Kier alpha value is -2.57. The van der Waals surface area contributed by atoms with Crippen molar-refractivity contribution in [2.45, 2.75) is 32.4 Å². The normalized spacial score (nSPS) is 25.1. The van der Waals surface area contributed by atoms with Crippen molar-refractivity contribution < 1.29 is 14.6 Å². The summed E-state index contributed by atoms with van der Waals surface area (Å²) < 4.78 is 7.05. The highest BCUT2D eigenvalue weighted by Gasteiger charge is 2.58. The van der Waals surface area contributed by atoms with Gasteiger partial charge in [-0.2, -0.15) is 0 Å². The molecule has 0 radical (unpaired) electrons. The number of ether oxygens (including phenoxy) is 1. The Balaban J connectivity index is 1.52. The molecule has 7 heteroatoms. The number of aromatic hydroxyl groups is 1. The van der Waals surface area contributed by atoms with Gasteiger partial charge < -0.3 is 14.7 Å². The van der Waals surface area contributed by atoms with Crippen molar-refractivity contribution in [1.29, 1.82) is 0 Å². The molecule has 4 rings (SSSR count). The van der Waals surface area contributed by atoms with Gasteiger partial charge in [0.05, 0.1) is 17.2 Å². The molecule has 132 valence electrons. The quantitative estimate of drug-likeness (QED) is 0.857. The Kier molecular flexibility index (Phi) is 3.32. The Bertz CT molecular complexity index is 903. The maximum atomic E-state index is 12.7. The predicted molar refractivity (Wildman–Crippen MR) is 91.5 cm³/mol. The first-order valence-electron chi connectivity index (χ1n) is 8.42. The molecule has 1 aromatic heterocycles. The molecule has 3 atom stereocenters. The molecule has 2 aliphatic rings. The third-order valence-electron chi connectivity index (χ3n) is 4.89. The number of hydrogen-bond donors (Lipinski definition) is 1. The van der Waals surface area contributed by atoms with Crippen LogP contribution in [0.4, 0.5) is 4.79 Å².